The van der Waals surface area contributed by atoms with Crippen molar-refractivity contribution < 1.29 is 22.4 Å². The second kappa shape index (κ2) is 12.9. The molecule has 1 N–H and O–H groups in total. The van der Waals surface area contributed by atoms with E-state index in [4.69, 9.17) is 0 Å². The van der Waals surface area contributed by atoms with Crippen LogP contribution >= 0.6 is 15.9 Å². The number of benzene rings is 2. The maximum absolute atomic E-state index is 13.8. The van der Waals surface area contributed by atoms with Gasteiger partial charge in [-0.2, -0.15) is 0 Å². The van der Waals surface area contributed by atoms with Crippen LogP contribution in [0.25, 0.3) is 0 Å². The van der Waals surface area contributed by atoms with Crippen molar-refractivity contribution in [2.75, 3.05) is 17.1 Å². The van der Waals surface area contributed by atoms with E-state index in [-0.39, 0.29) is 18.5 Å². The van der Waals surface area contributed by atoms with Gasteiger partial charge in [0.05, 0.1) is 11.9 Å². The summed E-state index contributed by atoms with van der Waals surface area (Å²) < 4.78 is 40.9. The lowest BCUT2D eigenvalue weighted by atomic mass is 9.95. The molecule has 0 heterocycles. The Bertz CT molecular complexity index is 1200. The Morgan fingerprint density at radius 3 is 2.32 bits per heavy atom. The summed E-state index contributed by atoms with van der Waals surface area (Å²) in [5, 5.41) is 3.10. The smallest absolute Gasteiger partial charge is 0.244 e. The van der Waals surface area contributed by atoms with Crippen LogP contribution in [0.2, 0.25) is 0 Å². The fraction of sp³-hybridized carbons (Fsp3) is 0.481. The SMILES string of the molecule is CC[C@H](C(=O)NC1CCCCC1)N(Cc1ccc(F)cc1)C(=O)CN(c1ccc(Br)c(C)c1)S(C)(=O)=O. The zero-order valence-electron chi connectivity index (χ0n) is 21.5. The van der Waals surface area contributed by atoms with Gasteiger partial charge in [-0.3, -0.25) is 13.9 Å². The van der Waals surface area contributed by atoms with E-state index < -0.39 is 34.3 Å². The van der Waals surface area contributed by atoms with Gasteiger partial charge in [-0.25, -0.2) is 12.8 Å². The van der Waals surface area contributed by atoms with Crippen molar-refractivity contribution >= 4 is 43.5 Å². The van der Waals surface area contributed by atoms with Crippen molar-refractivity contribution in [1.29, 1.82) is 0 Å². The third-order valence-electron chi connectivity index (χ3n) is 6.71. The van der Waals surface area contributed by atoms with Gasteiger partial charge in [0.25, 0.3) is 0 Å². The Morgan fingerprint density at radius 1 is 1.11 bits per heavy atom. The highest BCUT2D eigenvalue weighted by Gasteiger charge is 2.33. The normalized spacial score (nSPS) is 15.2. The fourth-order valence-electron chi connectivity index (χ4n) is 4.65. The first-order valence-electron chi connectivity index (χ1n) is 12.6. The number of rotatable bonds is 10. The van der Waals surface area contributed by atoms with Gasteiger partial charge in [0.1, 0.15) is 18.4 Å². The van der Waals surface area contributed by atoms with E-state index in [0.717, 1.165) is 52.7 Å². The predicted molar refractivity (Wildman–Crippen MR) is 147 cm³/mol. The van der Waals surface area contributed by atoms with Crippen LogP contribution in [0.3, 0.4) is 0 Å². The molecule has 1 aliphatic rings. The second-order valence-electron chi connectivity index (χ2n) is 9.62. The van der Waals surface area contributed by atoms with Gasteiger partial charge in [-0.05, 0) is 67.6 Å². The number of sulfonamides is 1. The molecule has 2 aromatic carbocycles. The number of carbonyl (C=O) groups is 2. The summed E-state index contributed by atoms with van der Waals surface area (Å²) in [4.78, 5) is 28.5. The van der Waals surface area contributed by atoms with E-state index in [1.807, 2.05) is 13.8 Å². The molecule has 1 aliphatic carbocycles. The van der Waals surface area contributed by atoms with E-state index in [2.05, 4.69) is 21.2 Å². The Kier molecular flexibility index (Phi) is 10.1. The van der Waals surface area contributed by atoms with Gasteiger partial charge in [0.2, 0.25) is 21.8 Å². The highest BCUT2D eigenvalue weighted by Crippen LogP contribution is 2.25. The predicted octanol–water partition coefficient (Wildman–Crippen LogP) is 4.92. The number of hydrogen-bond acceptors (Lipinski definition) is 4. The maximum Gasteiger partial charge on any atom is 0.244 e. The fourth-order valence-corrected chi connectivity index (χ4v) is 5.74. The maximum atomic E-state index is 13.8. The van der Waals surface area contributed by atoms with Crippen molar-refractivity contribution in [3.63, 3.8) is 0 Å². The summed E-state index contributed by atoms with van der Waals surface area (Å²) in [5.74, 6) is -1.17. The topological polar surface area (TPSA) is 86.8 Å². The molecule has 2 aromatic rings. The Morgan fingerprint density at radius 2 is 1.76 bits per heavy atom. The van der Waals surface area contributed by atoms with Crippen LogP contribution in [0.5, 0.6) is 0 Å². The molecular weight excluding hydrogens is 561 g/mol. The molecule has 0 saturated heterocycles. The molecule has 7 nitrogen and oxygen atoms in total. The highest BCUT2D eigenvalue weighted by molar-refractivity contribution is 9.10. The number of nitrogens with zero attached hydrogens (tertiary/aromatic N) is 2. The van der Waals surface area contributed by atoms with E-state index in [1.54, 1.807) is 30.3 Å². The van der Waals surface area contributed by atoms with E-state index in [9.17, 15) is 22.4 Å². The molecular formula is C27H35BrFN3O4S. The average Bonchev–Trinajstić information content (AvgIpc) is 2.85. The second-order valence-corrected chi connectivity index (χ2v) is 12.4. The molecule has 0 radical (unpaired) electrons. The number of anilines is 1. The van der Waals surface area contributed by atoms with Gasteiger partial charge in [-0.1, -0.05) is 54.2 Å². The molecule has 2 amide bonds. The van der Waals surface area contributed by atoms with Gasteiger partial charge < -0.3 is 10.2 Å². The van der Waals surface area contributed by atoms with E-state index >= 15 is 0 Å². The monoisotopic (exact) mass is 595 g/mol. The summed E-state index contributed by atoms with van der Waals surface area (Å²) in [6.45, 7) is 3.24. The highest BCUT2D eigenvalue weighted by atomic mass is 79.9. The molecule has 0 aliphatic heterocycles. The largest absolute Gasteiger partial charge is 0.352 e. The zero-order chi connectivity index (χ0) is 27.2. The molecule has 0 aromatic heterocycles. The molecule has 37 heavy (non-hydrogen) atoms. The first-order valence-corrected chi connectivity index (χ1v) is 15.2. The summed E-state index contributed by atoms with van der Waals surface area (Å²) >= 11 is 3.42. The molecule has 10 heteroatoms. The average molecular weight is 597 g/mol. The molecule has 1 saturated carbocycles. The third-order valence-corrected chi connectivity index (χ3v) is 8.74. The van der Waals surface area contributed by atoms with Crippen molar-refractivity contribution in [1.82, 2.24) is 10.2 Å². The Labute approximate surface area is 227 Å². The standard InChI is InChI=1S/C27H35BrFN3O4S/c1-4-25(27(34)30-22-8-6-5-7-9-22)31(17-20-10-12-21(29)13-11-20)26(33)18-32(37(3,35)36)23-14-15-24(28)19(2)16-23/h10-16,22,25H,4-9,17-18H2,1-3H3,(H,30,34)/t25-/m1/s1. The lowest BCUT2D eigenvalue weighted by molar-refractivity contribution is -0.140. The first-order chi connectivity index (χ1) is 17.5. The van der Waals surface area contributed by atoms with Crippen LogP contribution < -0.4 is 9.62 Å². The quantitative estimate of drug-likeness (QED) is 0.422. The van der Waals surface area contributed by atoms with Crippen molar-refractivity contribution in [3.8, 4) is 0 Å². The molecule has 1 atom stereocenters. The lowest BCUT2D eigenvalue weighted by Crippen LogP contribution is -2.53. The van der Waals surface area contributed by atoms with Crippen LogP contribution in [-0.4, -0.2) is 50.0 Å². The van der Waals surface area contributed by atoms with Gasteiger partial charge in [-0.15, -0.1) is 0 Å². The van der Waals surface area contributed by atoms with E-state index in [0.29, 0.717) is 17.7 Å². The van der Waals surface area contributed by atoms with Crippen LogP contribution in [0.4, 0.5) is 10.1 Å². The molecule has 0 spiro atoms. The lowest BCUT2D eigenvalue weighted by Gasteiger charge is -2.34. The number of amides is 2. The minimum atomic E-state index is -3.81. The molecule has 3 rings (SSSR count). The third kappa shape index (κ3) is 8.01. The minimum Gasteiger partial charge on any atom is -0.352 e. The summed E-state index contributed by atoms with van der Waals surface area (Å²) in [6.07, 6.45) is 6.45. The number of aryl methyl sites for hydroxylation is 1. The van der Waals surface area contributed by atoms with Crippen LogP contribution in [0, 0.1) is 12.7 Å². The summed E-state index contributed by atoms with van der Waals surface area (Å²) in [5.41, 5.74) is 1.82. The van der Waals surface area contributed by atoms with Crippen molar-refractivity contribution in [3.05, 3.63) is 63.9 Å². The van der Waals surface area contributed by atoms with Crippen LogP contribution in [-0.2, 0) is 26.2 Å². The minimum absolute atomic E-state index is 0.0483. The first kappa shape index (κ1) is 29.1. The van der Waals surface area contributed by atoms with Gasteiger partial charge in [0, 0.05) is 17.1 Å². The summed E-state index contributed by atoms with van der Waals surface area (Å²) in [6, 6.07) is 10.0. The summed E-state index contributed by atoms with van der Waals surface area (Å²) in [7, 11) is -3.81. The van der Waals surface area contributed by atoms with E-state index in [1.165, 1.54) is 17.0 Å². The van der Waals surface area contributed by atoms with Crippen molar-refractivity contribution in [2.24, 2.45) is 0 Å². The van der Waals surface area contributed by atoms with Gasteiger partial charge in [0.15, 0.2) is 0 Å². The molecule has 0 unspecified atom stereocenters. The Balaban J connectivity index is 1.92. The van der Waals surface area contributed by atoms with Crippen LogP contribution in [0.15, 0.2) is 46.9 Å². The van der Waals surface area contributed by atoms with Crippen molar-refractivity contribution in [2.45, 2.75) is 71.0 Å². The number of hydrogen-bond donors (Lipinski definition) is 1. The number of halogens is 2. The molecule has 202 valence electrons. The molecule has 1 fully saturated rings. The number of carbonyl (C=O) groups excluding carboxylic acids is 2. The zero-order valence-corrected chi connectivity index (χ0v) is 23.9. The Hall–Kier alpha value is -2.46. The number of nitrogens with one attached hydrogen (secondary N) is 1. The van der Waals surface area contributed by atoms with Gasteiger partial charge >= 0.3 is 0 Å². The molecule has 0 bridgehead atoms. The van der Waals surface area contributed by atoms with Crippen LogP contribution in [0.1, 0.15) is 56.6 Å².